The van der Waals surface area contributed by atoms with Crippen molar-refractivity contribution in [3.05, 3.63) is 56.4 Å². The van der Waals surface area contributed by atoms with Crippen molar-refractivity contribution in [1.29, 1.82) is 0 Å². The summed E-state index contributed by atoms with van der Waals surface area (Å²) in [5.74, 6) is -0.508. The van der Waals surface area contributed by atoms with Crippen LogP contribution >= 0.6 is 11.6 Å². The van der Waals surface area contributed by atoms with Gasteiger partial charge in [0, 0.05) is 6.07 Å². The van der Waals surface area contributed by atoms with Crippen molar-refractivity contribution in [2.45, 2.75) is 0 Å². The van der Waals surface area contributed by atoms with E-state index in [-0.39, 0.29) is 10.7 Å². The van der Waals surface area contributed by atoms with Crippen LogP contribution in [0, 0.1) is 0 Å². The van der Waals surface area contributed by atoms with E-state index in [4.69, 9.17) is 16.0 Å². The summed E-state index contributed by atoms with van der Waals surface area (Å²) >= 11 is 5.79. The van der Waals surface area contributed by atoms with Crippen molar-refractivity contribution >= 4 is 22.7 Å². The topological polar surface area (TPSA) is 78.9 Å². The largest absolute Gasteiger partial charge is 0.417 e. The molecule has 0 saturated heterocycles. The van der Waals surface area contributed by atoms with Crippen LogP contribution in [-0.2, 0) is 0 Å². The van der Waals surface area contributed by atoms with Gasteiger partial charge in [-0.05, 0) is 29.3 Å². The molecule has 0 fully saturated rings. The van der Waals surface area contributed by atoms with E-state index in [1.807, 2.05) is 0 Å². The maximum atomic E-state index is 11.3. The third-order valence-corrected chi connectivity index (χ3v) is 2.77. The van der Waals surface area contributed by atoms with Gasteiger partial charge < -0.3 is 9.40 Å². The fourth-order valence-corrected chi connectivity index (χ4v) is 2.02. The number of rotatable bonds is 1. The van der Waals surface area contributed by atoms with Crippen LogP contribution in [-0.4, -0.2) is 9.97 Å². The summed E-state index contributed by atoms with van der Waals surface area (Å²) in [5, 5.41) is 0.262. The van der Waals surface area contributed by atoms with Crippen LogP contribution in [0.3, 0.4) is 0 Å². The molecular weight excluding hydrogens is 256 g/mol. The minimum Gasteiger partial charge on any atom is -0.408 e. The molecule has 0 spiro atoms. The predicted molar refractivity (Wildman–Crippen MR) is 67.9 cm³/mol. The fraction of sp³-hybridized carbons (Fsp3) is 0. The Balaban J connectivity index is 2.24. The molecule has 0 saturated carbocycles. The first-order valence-electron chi connectivity index (χ1n) is 5.15. The van der Waals surface area contributed by atoms with Gasteiger partial charge in [0.15, 0.2) is 5.58 Å². The minimum absolute atomic E-state index is 0.262. The van der Waals surface area contributed by atoms with Gasteiger partial charge in [0.1, 0.15) is 5.15 Å². The maximum Gasteiger partial charge on any atom is 0.417 e. The summed E-state index contributed by atoms with van der Waals surface area (Å²) in [6.07, 6.45) is 0. The Kier molecular flexibility index (Phi) is 2.34. The van der Waals surface area contributed by atoms with Crippen LogP contribution in [0.25, 0.3) is 22.2 Å². The maximum absolute atomic E-state index is 11.3. The number of aromatic amines is 2. The molecule has 18 heavy (non-hydrogen) atoms. The van der Waals surface area contributed by atoms with Gasteiger partial charge in [-0.25, -0.2) is 4.79 Å². The van der Waals surface area contributed by atoms with Crippen molar-refractivity contribution in [2.75, 3.05) is 0 Å². The molecule has 0 amide bonds. The lowest BCUT2D eigenvalue weighted by atomic mass is 10.1. The Morgan fingerprint density at radius 1 is 1.00 bits per heavy atom. The van der Waals surface area contributed by atoms with Gasteiger partial charge in [-0.1, -0.05) is 17.7 Å². The van der Waals surface area contributed by atoms with Crippen LogP contribution in [0.1, 0.15) is 0 Å². The van der Waals surface area contributed by atoms with E-state index < -0.39 is 5.76 Å². The zero-order valence-electron chi connectivity index (χ0n) is 8.99. The summed E-state index contributed by atoms with van der Waals surface area (Å²) in [7, 11) is 0. The van der Waals surface area contributed by atoms with Crippen LogP contribution in [0.5, 0.6) is 0 Å². The van der Waals surface area contributed by atoms with Crippen LogP contribution in [0.4, 0.5) is 0 Å². The number of halogens is 1. The first-order valence-corrected chi connectivity index (χ1v) is 5.53. The second kappa shape index (κ2) is 3.89. The van der Waals surface area contributed by atoms with Gasteiger partial charge in [0.2, 0.25) is 5.56 Å². The fourth-order valence-electron chi connectivity index (χ4n) is 1.81. The Hall–Kier alpha value is -2.27. The molecule has 5 nitrogen and oxygen atoms in total. The third-order valence-electron chi connectivity index (χ3n) is 2.56. The highest BCUT2D eigenvalue weighted by atomic mass is 35.5. The van der Waals surface area contributed by atoms with Gasteiger partial charge in [-0.2, -0.15) is 0 Å². The highest BCUT2D eigenvalue weighted by molar-refractivity contribution is 6.29. The van der Waals surface area contributed by atoms with E-state index >= 15 is 0 Å². The van der Waals surface area contributed by atoms with Gasteiger partial charge >= 0.3 is 5.76 Å². The zero-order chi connectivity index (χ0) is 12.7. The summed E-state index contributed by atoms with van der Waals surface area (Å²) in [5.41, 5.74) is 2.21. The molecule has 0 bridgehead atoms. The number of aromatic nitrogens is 2. The molecular formula is C12H7ClN2O3. The van der Waals surface area contributed by atoms with E-state index in [9.17, 15) is 9.59 Å². The first kappa shape index (κ1) is 10.9. The highest BCUT2D eigenvalue weighted by Crippen LogP contribution is 2.23. The zero-order valence-corrected chi connectivity index (χ0v) is 9.75. The van der Waals surface area contributed by atoms with Crippen LogP contribution in [0.2, 0.25) is 5.15 Å². The second-order valence-corrected chi connectivity index (χ2v) is 4.21. The molecule has 2 heterocycles. The average Bonchev–Trinajstić information content (AvgIpc) is 2.66. The molecule has 6 heteroatoms. The summed E-state index contributed by atoms with van der Waals surface area (Å²) in [4.78, 5) is 27.4. The predicted octanol–water partition coefficient (Wildman–Crippen LogP) is 2.13. The van der Waals surface area contributed by atoms with Crippen molar-refractivity contribution in [2.24, 2.45) is 0 Å². The quantitative estimate of drug-likeness (QED) is 0.660. The smallest absolute Gasteiger partial charge is 0.408 e. The molecule has 0 aliphatic carbocycles. The molecule has 3 rings (SSSR count). The SMILES string of the molecule is O=c1cc(-c2ccc3oc(=O)[nH]c3c2)cc(Cl)[nH]1. The van der Waals surface area contributed by atoms with Gasteiger partial charge in [0.05, 0.1) is 5.52 Å². The molecule has 2 aromatic heterocycles. The van der Waals surface area contributed by atoms with Gasteiger partial charge in [-0.3, -0.25) is 9.78 Å². The normalized spacial score (nSPS) is 10.9. The van der Waals surface area contributed by atoms with Crippen molar-refractivity contribution in [3.8, 4) is 11.1 Å². The lowest BCUT2D eigenvalue weighted by Gasteiger charge is -2.01. The highest BCUT2D eigenvalue weighted by Gasteiger charge is 2.05. The first-order chi connectivity index (χ1) is 8.61. The molecule has 3 aromatic rings. The number of fused-ring (bicyclic) bond motifs is 1. The molecule has 0 aliphatic heterocycles. The number of benzene rings is 1. The number of hydrogen-bond donors (Lipinski definition) is 2. The lowest BCUT2D eigenvalue weighted by Crippen LogP contribution is -2.03. The third kappa shape index (κ3) is 1.84. The number of pyridine rings is 1. The molecule has 2 N–H and O–H groups in total. The lowest BCUT2D eigenvalue weighted by molar-refractivity contribution is 0.555. The number of hydrogen-bond acceptors (Lipinski definition) is 3. The Labute approximate surface area is 105 Å². The van der Waals surface area contributed by atoms with Gasteiger partial charge in [0.25, 0.3) is 0 Å². The van der Waals surface area contributed by atoms with Crippen molar-refractivity contribution in [3.63, 3.8) is 0 Å². The molecule has 0 aliphatic rings. The molecule has 90 valence electrons. The monoisotopic (exact) mass is 262 g/mol. The average molecular weight is 263 g/mol. The van der Waals surface area contributed by atoms with E-state index in [0.717, 1.165) is 5.56 Å². The molecule has 0 radical (unpaired) electrons. The van der Waals surface area contributed by atoms with E-state index in [2.05, 4.69) is 9.97 Å². The Bertz CT molecular complexity index is 844. The van der Waals surface area contributed by atoms with E-state index in [1.165, 1.54) is 6.07 Å². The van der Waals surface area contributed by atoms with Gasteiger partial charge in [-0.15, -0.1) is 0 Å². The van der Waals surface area contributed by atoms with E-state index in [0.29, 0.717) is 16.7 Å². The number of H-pyrrole nitrogens is 2. The summed E-state index contributed by atoms with van der Waals surface area (Å²) in [6, 6.07) is 8.22. The molecule has 0 atom stereocenters. The standard InChI is InChI=1S/C12H7ClN2O3/c13-10-4-7(5-11(16)15-10)6-1-2-9-8(3-6)14-12(17)18-9/h1-5H,(H,14,17)(H,15,16). The summed E-state index contributed by atoms with van der Waals surface area (Å²) < 4.78 is 4.90. The van der Waals surface area contributed by atoms with Crippen LogP contribution < -0.4 is 11.3 Å². The number of nitrogens with one attached hydrogen (secondary N) is 2. The second-order valence-electron chi connectivity index (χ2n) is 3.81. The van der Waals surface area contributed by atoms with E-state index in [1.54, 1.807) is 24.3 Å². The van der Waals surface area contributed by atoms with Crippen LogP contribution in [0.15, 0.2) is 44.3 Å². The van der Waals surface area contributed by atoms with Crippen molar-refractivity contribution in [1.82, 2.24) is 9.97 Å². The molecule has 0 unspecified atom stereocenters. The Morgan fingerprint density at radius 3 is 2.61 bits per heavy atom. The Morgan fingerprint density at radius 2 is 1.83 bits per heavy atom. The molecule has 1 aromatic carbocycles. The minimum atomic E-state index is -0.508. The number of oxazole rings is 1. The van der Waals surface area contributed by atoms with Crippen molar-refractivity contribution < 1.29 is 4.42 Å². The summed E-state index contributed by atoms with van der Waals surface area (Å²) in [6.45, 7) is 0.